The maximum atomic E-state index is 12.2. The lowest BCUT2D eigenvalue weighted by atomic mass is 9.98. The number of halogens is 1. The second-order valence-corrected chi connectivity index (χ2v) is 6.77. The van der Waals surface area contributed by atoms with Crippen LogP contribution in [-0.2, 0) is 0 Å². The van der Waals surface area contributed by atoms with E-state index in [1.165, 1.54) is 37.0 Å². The average molecular weight is 330 g/mol. The van der Waals surface area contributed by atoms with Gasteiger partial charge in [-0.3, -0.25) is 9.69 Å². The predicted octanol–water partition coefficient (Wildman–Crippen LogP) is 4.21. The van der Waals surface area contributed by atoms with Crippen LogP contribution in [0.1, 0.15) is 42.3 Å². The van der Waals surface area contributed by atoms with Crippen LogP contribution in [0.4, 0.5) is 0 Å². The van der Waals surface area contributed by atoms with Gasteiger partial charge in [-0.1, -0.05) is 13.3 Å². The zero-order valence-corrected chi connectivity index (χ0v) is 13.2. The molecule has 0 saturated carbocycles. The molecule has 1 aromatic heterocycles. The maximum absolute atomic E-state index is 12.2. The van der Waals surface area contributed by atoms with E-state index in [2.05, 4.69) is 27.8 Å². The van der Waals surface area contributed by atoms with Gasteiger partial charge in [-0.05, 0) is 65.6 Å². The number of thiophene rings is 1. The quantitative estimate of drug-likeness (QED) is 0.771. The first kappa shape index (κ1) is 14.2. The second kappa shape index (κ2) is 6.83. The van der Waals surface area contributed by atoms with Crippen LogP contribution in [0.2, 0.25) is 0 Å². The summed E-state index contributed by atoms with van der Waals surface area (Å²) < 4.78 is 0.943. The normalized spacial score (nSPS) is 21.8. The van der Waals surface area contributed by atoms with E-state index >= 15 is 0 Å². The molecule has 2 nitrogen and oxygen atoms in total. The molecule has 1 aliphatic heterocycles. The number of carbonyl (C=O) groups is 1. The van der Waals surface area contributed by atoms with Crippen LogP contribution in [0.15, 0.2) is 15.9 Å². The molecule has 0 bridgehead atoms. The predicted molar refractivity (Wildman–Crippen MR) is 80.4 cm³/mol. The number of Topliss-reactive ketones (excluding diaryl/α,β-unsaturated/α-hetero) is 1. The number of hydrogen-bond donors (Lipinski definition) is 0. The van der Waals surface area contributed by atoms with Crippen molar-refractivity contribution in [3.8, 4) is 0 Å². The summed E-state index contributed by atoms with van der Waals surface area (Å²) >= 11 is 4.97. The highest BCUT2D eigenvalue weighted by Gasteiger charge is 2.19. The molecule has 2 heterocycles. The highest BCUT2D eigenvalue weighted by Crippen LogP contribution is 2.24. The minimum atomic E-state index is 0.256. The number of ketones is 1. The molecule has 0 spiro atoms. The lowest BCUT2D eigenvalue weighted by Gasteiger charge is -2.18. The number of carbonyl (C=O) groups excluding carboxylic acids is 1. The van der Waals surface area contributed by atoms with Crippen molar-refractivity contribution in [2.75, 3.05) is 19.6 Å². The summed E-state index contributed by atoms with van der Waals surface area (Å²) in [6.45, 7) is 5.00. The molecule has 0 aliphatic carbocycles. The Bertz CT molecular complexity index is 404. The number of likely N-dealkylation sites (tertiary alicyclic amines) is 1. The summed E-state index contributed by atoms with van der Waals surface area (Å²) in [6, 6.07) is 1.95. The van der Waals surface area contributed by atoms with Crippen LogP contribution in [0.5, 0.6) is 0 Å². The average Bonchev–Trinajstić information content (AvgIpc) is 2.66. The van der Waals surface area contributed by atoms with E-state index in [-0.39, 0.29) is 5.78 Å². The van der Waals surface area contributed by atoms with Gasteiger partial charge in [-0.25, -0.2) is 0 Å². The highest BCUT2D eigenvalue weighted by atomic mass is 79.9. The molecule has 1 saturated heterocycles. The van der Waals surface area contributed by atoms with Gasteiger partial charge in [0.2, 0.25) is 0 Å². The van der Waals surface area contributed by atoms with Gasteiger partial charge < -0.3 is 0 Å². The largest absolute Gasteiger partial charge is 0.296 e. The molecule has 4 heteroatoms. The van der Waals surface area contributed by atoms with E-state index in [4.69, 9.17) is 0 Å². The Labute approximate surface area is 122 Å². The summed E-state index contributed by atoms with van der Waals surface area (Å²) in [6.07, 6.45) is 5.08. The van der Waals surface area contributed by atoms with E-state index < -0.39 is 0 Å². The summed E-state index contributed by atoms with van der Waals surface area (Å²) in [5, 5.41) is 1.97. The number of nitrogens with zero attached hydrogens (tertiary/aromatic N) is 1. The van der Waals surface area contributed by atoms with Gasteiger partial charge in [0.25, 0.3) is 0 Å². The fourth-order valence-corrected chi connectivity index (χ4v) is 4.08. The van der Waals surface area contributed by atoms with Gasteiger partial charge in [-0.15, -0.1) is 11.3 Å². The van der Waals surface area contributed by atoms with Crippen molar-refractivity contribution in [1.29, 1.82) is 0 Å². The van der Waals surface area contributed by atoms with Crippen molar-refractivity contribution in [2.24, 2.45) is 5.92 Å². The van der Waals surface area contributed by atoms with Gasteiger partial charge in [0, 0.05) is 4.47 Å². The van der Waals surface area contributed by atoms with Crippen LogP contribution in [-0.4, -0.2) is 30.3 Å². The lowest BCUT2D eigenvalue weighted by molar-refractivity contribution is 0.0935. The highest BCUT2D eigenvalue weighted by molar-refractivity contribution is 9.10. The Morgan fingerprint density at radius 2 is 2.33 bits per heavy atom. The van der Waals surface area contributed by atoms with Crippen molar-refractivity contribution in [1.82, 2.24) is 4.90 Å². The topological polar surface area (TPSA) is 20.3 Å². The Morgan fingerprint density at radius 1 is 1.50 bits per heavy atom. The molecule has 18 heavy (non-hydrogen) atoms. The first-order chi connectivity index (χ1) is 8.70. The fraction of sp³-hybridized carbons (Fsp3) is 0.643. The smallest absolute Gasteiger partial charge is 0.187 e. The molecular formula is C14H20BrNOS. The number of rotatable bonds is 4. The summed E-state index contributed by atoms with van der Waals surface area (Å²) in [7, 11) is 0. The van der Waals surface area contributed by atoms with Crippen molar-refractivity contribution in [3.05, 3.63) is 20.8 Å². The Morgan fingerprint density at radius 3 is 3.00 bits per heavy atom. The van der Waals surface area contributed by atoms with Gasteiger partial charge in [-0.2, -0.15) is 0 Å². The second-order valence-electron chi connectivity index (χ2n) is 5.00. The summed E-state index contributed by atoms with van der Waals surface area (Å²) in [4.78, 5) is 15.4. The molecule has 0 N–H and O–H groups in total. The first-order valence-corrected chi connectivity index (χ1v) is 8.36. The SMILES string of the molecule is CCC1CCCN(CC(=O)c2sccc2Br)CC1. The molecule has 0 aromatic carbocycles. The lowest BCUT2D eigenvalue weighted by Crippen LogP contribution is -2.30. The molecule has 1 unspecified atom stereocenters. The fourth-order valence-electron chi connectivity index (χ4n) is 2.56. The van der Waals surface area contributed by atoms with Crippen LogP contribution < -0.4 is 0 Å². The van der Waals surface area contributed by atoms with E-state index in [0.717, 1.165) is 28.4 Å². The monoisotopic (exact) mass is 329 g/mol. The summed E-state index contributed by atoms with van der Waals surface area (Å²) in [5.74, 6) is 1.12. The minimum absolute atomic E-state index is 0.256. The Balaban J connectivity index is 1.90. The molecule has 0 amide bonds. The van der Waals surface area contributed by atoms with Crippen LogP contribution >= 0.6 is 27.3 Å². The van der Waals surface area contributed by atoms with Crippen LogP contribution in [0, 0.1) is 5.92 Å². The van der Waals surface area contributed by atoms with Crippen LogP contribution in [0.3, 0.4) is 0 Å². The third-order valence-electron chi connectivity index (χ3n) is 3.76. The maximum Gasteiger partial charge on any atom is 0.187 e. The molecule has 1 aromatic rings. The van der Waals surface area contributed by atoms with Gasteiger partial charge in [0.05, 0.1) is 11.4 Å². The van der Waals surface area contributed by atoms with Gasteiger partial charge >= 0.3 is 0 Å². The first-order valence-electron chi connectivity index (χ1n) is 6.69. The molecule has 2 rings (SSSR count). The van der Waals surface area contributed by atoms with E-state index in [1.807, 2.05) is 11.4 Å². The minimum Gasteiger partial charge on any atom is -0.296 e. The molecule has 1 atom stereocenters. The zero-order valence-electron chi connectivity index (χ0n) is 10.8. The third kappa shape index (κ3) is 3.65. The van der Waals surface area contributed by atoms with Crippen molar-refractivity contribution in [3.63, 3.8) is 0 Å². The van der Waals surface area contributed by atoms with Gasteiger partial charge in [0.1, 0.15) is 0 Å². The van der Waals surface area contributed by atoms with E-state index in [9.17, 15) is 4.79 Å². The standard InChI is InChI=1S/C14H20BrNOS/c1-2-11-4-3-7-16(8-5-11)10-13(17)14-12(15)6-9-18-14/h6,9,11H,2-5,7-8,10H2,1H3. The van der Waals surface area contributed by atoms with E-state index in [0.29, 0.717) is 6.54 Å². The van der Waals surface area contributed by atoms with E-state index in [1.54, 1.807) is 0 Å². The molecule has 1 aliphatic rings. The van der Waals surface area contributed by atoms with Crippen LogP contribution in [0.25, 0.3) is 0 Å². The van der Waals surface area contributed by atoms with Crippen molar-refractivity contribution in [2.45, 2.75) is 32.6 Å². The Hall–Kier alpha value is -0.190. The molecule has 0 radical (unpaired) electrons. The molecule has 100 valence electrons. The number of hydrogen-bond acceptors (Lipinski definition) is 3. The molecule has 1 fully saturated rings. The molecular weight excluding hydrogens is 310 g/mol. The van der Waals surface area contributed by atoms with Gasteiger partial charge in [0.15, 0.2) is 5.78 Å². The zero-order chi connectivity index (χ0) is 13.0. The summed E-state index contributed by atoms with van der Waals surface area (Å²) in [5.41, 5.74) is 0. The Kier molecular flexibility index (Phi) is 5.39. The van der Waals surface area contributed by atoms with Crippen molar-refractivity contribution >= 4 is 33.0 Å². The van der Waals surface area contributed by atoms with Crippen molar-refractivity contribution < 1.29 is 4.79 Å². The third-order valence-corrected chi connectivity index (χ3v) is 5.63.